The molecule has 0 amide bonds. The van der Waals surface area contributed by atoms with Gasteiger partial charge in [-0.15, -0.1) is 0 Å². The first-order chi connectivity index (χ1) is 35.3. The lowest BCUT2D eigenvalue weighted by molar-refractivity contribution is -0.660. The Balaban J connectivity index is 0.000000185. The number of pyridine rings is 4. The van der Waals surface area contributed by atoms with Crippen molar-refractivity contribution in [2.24, 2.45) is 34.1 Å². The van der Waals surface area contributed by atoms with E-state index in [1.165, 1.54) is 118 Å². The van der Waals surface area contributed by atoms with Crippen molar-refractivity contribution >= 4 is 0 Å². The molecule has 1 atom stereocenters. The smallest absolute Gasteiger partial charge is 0.201 e. The van der Waals surface area contributed by atoms with Gasteiger partial charge in [0.1, 0.15) is 28.2 Å². The molecule has 0 aliphatic rings. The van der Waals surface area contributed by atoms with Gasteiger partial charge in [0, 0.05) is 68.8 Å². The van der Waals surface area contributed by atoms with Crippen LogP contribution in [0.1, 0.15) is 147 Å². The monoisotopic (exact) mass is 1000 g/mol. The van der Waals surface area contributed by atoms with Gasteiger partial charge in [-0.05, 0) is 184 Å². The molecule has 4 heterocycles. The summed E-state index contributed by atoms with van der Waals surface area (Å²) >= 11 is 0. The summed E-state index contributed by atoms with van der Waals surface area (Å²) in [5.74, 6) is 1.93. The molecular formula is C71H94N4+4. The van der Waals surface area contributed by atoms with Crippen LogP contribution in [-0.2, 0) is 40.0 Å². The molecule has 4 aromatic carbocycles. The Morgan fingerprint density at radius 1 is 0.387 bits per heavy atom. The third-order valence-corrected chi connectivity index (χ3v) is 14.6. The Hall–Kier alpha value is -6.52. The summed E-state index contributed by atoms with van der Waals surface area (Å²) in [6, 6.07) is 44.9. The van der Waals surface area contributed by atoms with Gasteiger partial charge in [0.25, 0.3) is 0 Å². The zero-order valence-electron chi connectivity index (χ0n) is 50.3. The Morgan fingerprint density at radius 2 is 0.720 bits per heavy atom. The molecule has 8 aromatic rings. The molecule has 0 saturated carbocycles. The lowest BCUT2D eigenvalue weighted by Crippen LogP contribution is -2.31. The Bertz CT molecular complexity index is 3200. The third-order valence-electron chi connectivity index (χ3n) is 14.6. The second-order valence-electron chi connectivity index (χ2n) is 23.5. The molecule has 1 unspecified atom stereocenters. The van der Waals surface area contributed by atoms with E-state index in [4.69, 9.17) is 0 Å². The standard InChI is InChI=1S/3C18H24N.C17H22N/c1-13-7-10-17(19(6)12-13)16-9-8-15(11-14(16)2)18(3,4)5;1-13(2)10-16-7-8-17(15(4)11-16)18-9-6-14(3)12-19(18)5;1-6-14(3)16-8-9-17(15(4)11-16)18-10-7-13(2)12-19(18)5;1-12(2)15-7-8-16(14(4)10-15)17-9-6-13(3)11-18(17)5/h7-12H,1-6H3;6-9,11-13H,10H2,1-5H3;7-12,14H,6H2,1-5H3;6-12H,1-5H3/q4*+1. The molecule has 394 valence electrons. The van der Waals surface area contributed by atoms with Gasteiger partial charge in [-0.25, -0.2) is 18.3 Å². The quantitative estimate of drug-likeness (QED) is 0.128. The van der Waals surface area contributed by atoms with Gasteiger partial charge in [-0.3, -0.25) is 0 Å². The summed E-state index contributed by atoms with van der Waals surface area (Å²) in [6.45, 7) is 37.6. The maximum atomic E-state index is 2.34. The first kappa shape index (κ1) is 59.4. The maximum absolute atomic E-state index is 2.34. The predicted molar refractivity (Wildman–Crippen MR) is 320 cm³/mol. The van der Waals surface area contributed by atoms with E-state index < -0.39 is 0 Å². The number of benzene rings is 4. The van der Waals surface area contributed by atoms with Gasteiger partial charge in [-0.2, -0.15) is 0 Å². The number of aromatic nitrogens is 4. The molecule has 0 aliphatic heterocycles. The summed E-state index contributed by atoms with van der Waals surface area (Å²) in [6.07, 6.45) is 11.0. The number of hydrogen-bond acceptors (Lipinski definition) is 0. The van der Waals surface area contributed by atoms with Gasteiger partial charge in [0.15, 0.2) is 24.8 Å². The van der Waals surface area contributed by atoms with Crippen LogP contribution in [-0.4, -0.2) is 0 Å². The van der Waals surface area contributed by atoms with Crippen LogP contribution in [0.25, 0.3) is 45.0 Å². The fraction of sp³-hybridized carbons (Fsp3) is 0.380. The molecule has 0 N–H and O–H groups in total. The minimum absolute atomic E-state index is 0.207. The molecular weight excluding hydrogens is 909 g/mol. The molecule has 0 saturated heterocycles. The third kappa shape index (κ3) is 16.2. The van der Waals surface area contributed by atoms with Crippen LogP contribution in [0, 0.1) is 61.3 Å². The molecule has 0 fully saturated rings. The molecule has 0 bridgehead atoms. The largest absolute Gasteiger partial charge is 0.212 e. The summed E-state index contributed by atoms with van der Waals surface area (Å²) < 4.78 is 8.82. The fourth-order valence-corrected chi connectivity index (χ4v) is 9.98. The van der Waals surface area contributed by atoms with E-state index in [1.807, 2.05) is 0 Å². The van der Waals surface area contributed by atoms with E-state index in [9.17, 15) is 0 Å². The number of hydrogen-bond donors (Lipinski definition) is 0. The number of rotatable bonds is 9. The predicted octanol–water partition coefficient (Wildman–Crippen LogP) is 16.3. The molecule has 4 heteroatoms. The second-order valence-corrected chi connectivity index (χ2v) is 23.5. The van der Waals surface area contributed by atoms with Crippen LogP contribution in [0.2, 0.25) is 0 Å². The van der Waals surface area contributed by atoms with Gasteiger partial charge < -0.3 is 0 Å². The van der Waals surface area contributed by atoms with E-state index in [0.29, 0.717) is 17.8 Å². The highest BCUT2D eigenvalue weighted by Crippen LogP contribution is 2.30. The normalized spacial score (nSPS) is 11.6. The van der Waals surface area contributed by atoms with Crippen molar-refractivity contribution in [3.8, 4) is 45.0 Å². The first-order valence-corrected chi connectivity index (χ1v) is 27.6. The lowest BCUT2D eigenvalue weighted by Gasteiger charge is -2.20. The highest BCUT2D eigenvalue weighted by Gasteiger charge is 2.19. The average Bonchev–Trinajstić information content (AvgIpc) is 3.32. The molecule has 0 spiro atoms. The SMILES string of the molecule is CCC(C)c1ccc(-c2ccc(C)c[n+]2C)c(C)c1.Cc1ccc(-c2ccc(C(C)(C)C)cc2C)[n+](C)c1.Cc1ccc(-c2ccc(C(C)C)cc2C)[n+](C)c1.Cc1ccc(-c2ccc(CC(C)C)cc2C)[n+](C)c1. The highest BCUT2D eigenvalue weighted by molar-refractivity contribution is 5.64. The van der Waals surface area contributed by atoms with Crippen LogP contribution < -0.4 is 18.3 Å². The van der Waals surface area contributed by atoms with E-state index in [2.05, 4.69) is 310 Å². The molecule has 75 heavy (non-hydrogen) atoms. The number of nitrogens with zero attached hydrogens (tertiary/aromatic N) is 4. The molecule has 0 radical (unpaired) electrons. The fourth-order valence-electron chi connectivity index (χ4n) is 9.98. The van der Waals surface area contributed by atoms with Crippen molar-refractivity contribution in [2.45, 2.75) is 148 Å². The van der Waals surface area contributed by atoms with E-state index in [0.717, 1.165) is 6.42 Å². The minimum atomic E-state index is 0.207. The van der Waals surface area contributed by atoms with Crippen LogP contribution in [0.4, 0.5) is 0 Å². The highest BCUT2D eigenvalue weighted by atomic mass is 14.9. The van der Waals surface area contributed by atoms with E-state index >= 15 is 0 Å². The van der Waals surface area contributed by atoms with Crippen molar-refractivity contribution in [3.05, 3.63) is 213 Å². The zero-order valence-corrected chi connectivity index (χ0v) is 50.3. The Kier molecular flexibility index (Phi) is 20.8. The minimum Gasteiger partial charge on any atom is -0.201 e. The van der Waals surface area contributed by atoms with Crippen molar-refractivity contribution in [1.82, 2.24) is 0 Å². The Morgan fingerprint density at radius 3 is 1.03 bits per heavy atom. The van der Waals surface area contributed by atoms with Crippen LogP contribution >= 0.6 is 0 Å². The molecule has 8 rings (SSSR count). The molecule has 4 nitrogen and oxygen atoms in total. The van der Waals surface area contributed by atoms with Crippen molar-refractivity contribution < 1.29 is 18.3 Å². The van der Waals surface area contributed by atoms with Gasteiger partial charge in [0.05, 0.1) is 0 Å². The van der Waals surface area contributed by atoms with Gasteiger partial charge >= 0.3 is 0 Å². The first-order valence-electron chi connectivity index (χ1n) is 27.6. The second kappa shape index (κ2) is 26.3. The van der Waals surface area contributed by atoms with Gasteiger partial charge in [-0.1, -0.05) is 111 Å². The lowest BCUT2D eigenvalue weighted by atomic mass is 9.85. The summed E-state index contributed by atoms with van der Waals surface area (Å²) in [5, 5.41) is 0. The zero-order chi connectivity index (χ0) is 55.5. The maximum Gasteiger partial charge on any atom is 0.212 e. The van der Waals surface area contributed by atoms with E-state index in [1.54, 1.807) is 0 Å². The topological polar surface area (TPSA) is 15.5 Å². The van der Waals surface area contributed by atoms with Crippen molar-refractivity contribution in [3.63, 3.8) is 0 Å². The van der Waals surface area contributed by atoms with Crippen LogP contribution in [0.15, 0.2) is 146 Å². The van der Waals surface area contributed by atoms with Gasteiger partial charge in [0.2, 0.25) is 22.8 Å². The Labute approximate surface area is 455 Å². The summed E-state index contributed by atoms with van der Waals surface area (Å²) in [5.41, 5.74) is 26.8. The summed E-state index contributed by atoms with van der Waals surface area (Å²) in [4.78, 5) is 0. The van der Waals surface area contributed by atoms with Crippen LogP contribution in [0.3, 0.4) is 0 Å². The van der Waals surface area contributed by atoms with E-state index in [-0.39, 0.29) is 5.41 Å². The van der Waals surface area contributed by atoms with Crippen molar-refractivity contribution in [1.29, 1.82) is 0 Å². The summed E-state index contributed by atoms with van der Waals surface area (Å²) in [7, 11) is 8.45. The number of aryl methyl sites for hydroxylation is 12. The van der Waals surface area contributed by atoms with Crippen molar-refractivity contribution in [2.75, 3.05) is 0 Å². The molecule has 0 aliphatic carbocycles. The molecule has 4 aromatic heterocycles. The van der Waals surface area contributed by atoms with Crippen LogP contribution in [0.5, 0.6) is 0 Å². The average molecular weight is 1000 g/mol.